The van der Waals surface area contributed by atoms with Crippen molar-refractivity contribution in [3.63, 3.8) is 0 Å². The first-order valence-electron chi connectivity index (χ1n) is 13.0. The minimum absolute atomic E-state index is 0.0636. The van der Waals surface area contributed by atoms with Crippen LogP contribution in [0.3, 0.4) is 0 Å². The molecule has 4 aromatic rings. The number of primary amides is 1. The highest BCUT2D eigenvalue weighted by molar-refractivity contribution is 5.83. The number of carboxylic acid groups (broad SMARTS) is 1. The van der Waals surface area contributed by atoms with E-state index >= 15 is 0 Å². The van der Waals surface area contributed by atoms with Gasteiger partial charge in [-0.05, 0) is 35.6 Å². The Morgan fingerprint density at radius 2 is 1.25 bits per heavy atom. The van der Waals surface area contributed by atoms with E-state index in [2.05, 4.69) is 0 Å². The van der Waals surface area contributed by atoms with Gasteiger partial charge in [0, 0.05) is 6.42 Å². The standard InChI is InChI=1S/C33H32N2O5/c1-24-17-19-28(20-18-24)33(26-13-7-3-8-14-26,27-15-9-4-10-16-27)35(29(31(37)38)21-22-30(34)36)32(39)40-23-25-11-5-2-6-12-25/h2-20,29H,21-23H2,1H3,(H2,34,36)(H,37,38)/t29-/m1/s1. The second kappa shape index (κ2) is 12.8. The number of benzene rings is 4. The van der Waals surface area contributed by atoms with Crippen LogP contribution in [0.4, 0.5) is 4.79 Å². The molecule has 7 nitrogen and oxygen atoms in total. The third-order valence-corrected chi connectivity index (χ3v) is 6.88. The SMILES string of the molecule is Cc1ccc(C(c2ccccc2)(c2ccccc2)N(C(=O)OCc2ccccc2)[C@H](CCC(N)=O)C(=O)O)cc1. The third kappa shape index (κ3) is 6.04. The average Bonchev–Trinajstić information content (AvgIpc) is 2.97. The van der Waals surface area contributed by atoms with Gasteiger partial charge in [-0.25, -0.2) is 9.59 Å². The smallest absolute Gasteiger partial charge is 0.412 e. The first-order valence-corrected chi connectivity index (χ1v) is 13.0. The van der Waals surface area contributed by atoms with Gasteiger partial charge in [-0.15, -0.1) is 0 Å². The zero-order valence-corrected chi connectivity index (χ0v) is 22.3. The molecule has 7 heteroatoms. The number of carboxylic acids is 1. The number of aryl methyl sites for hydroxylation is 1. The van der Waals surface area contributed by atoms with Crippen LogP contribution in [0.1, 0.15) is 40.7 Å². The highest BCUT2D eigenvalue weighted by atomic mass is 16.6. The molecule has 0 saturated carbocycles. The summed E-state index contributed by atoms with van der Waals surface area (Å²) in [6.07, 6.45) is -1.26. The molecule has 0 aliphatic heterocycles. The van der Waals surface area contributed by atoms with Crippen LogP contribution in [0.15, 0.2) is 115 Å². The van der Waals surface area contributed by atoms with Crippen LogP contribution in [0.5, 0.6) is 0 Å². The van der Waals surface area contributed by atoms with E-state index < -0.39 is 29.6 Å². The summed E-state index contributed by atoms with van der Waals surface area (Å²) in [5, 5.41) is 10.5. The summed E-state index contributed by atoms with van der Waals surface area (Å²) in [7, 11) is 0. The number of rotatable bonds is 11. The number of nitrogens with two attached hydrogens (primary N) is 1. The van der Waals surface area contributed by atoms with Crippen LogP contribution in [0, 0.1) is 6.92 Å². The van der Waals surface area contributed by atoms with Crippen molar-refractivity contribution in [1.29, 1.82) is 0 Å². The Hall–Kier alpha value is -4.91. The van der Waals surface area contributed by atoms with Crippen LogP contribution >= 0.6 is 0 Å². The van der Waals surface area contributed by atoms with E-state index in [1.54, 1.807) is 0 Å². The number of hydrogen-bond donors (Lipinski definition) is 2. The molecule has 0 heterocycles. The number of carbonyl (C=O) groups excluding carboxylic acids is 2. The van der Waals surface area contributed by atoms with Gasteiger partial charge < -0.3 is 15.6 Å². The molecule has 0 saturated heterocycles. The van der Waals surface area contributed by atoms with Gasteiger partial charge in [-0.2, -0.15) is 0 Å². The van der Waals surface area contributed by atoms with Gasteiger partial charge in [0.15, 0.2) is 0 Å². The van der Waals surface area contributed by atoms with Gasteiger partial charge in [-0.3, -0.25) is 9.69 Å². The molecule has 1 atom stereocenters. The van der Waals surface area contributed by atoms with Gasteiger partial charge in [-0.1, -0.05) is 121 Å². The van der Waals surface area contributed by atoms with E-state index in [0.717, 1.165) is 11.1 Å². The van der Waals surface area contributed by atoms with E-state index in [1.165, 1.54) is 4.90 Å². The van der Waals surface area contributed by atoms with E-state index in [1.807, 2.05) is 122 Å². The maximum absolute atomic E-state index is 14.3. The lowest BCUT2D eigenvalue weighted by Gasteiger charge is -2.47. The Labute approximate surface area is 233 Å². The molecule has 0 bridgehead atoms. The predicted octanol–water partition coefficient (Wildman–Crippen LogP) is 5.64. The van der Waals surface area contributed by atoms with Crippen molar-refractivity contribution in [3.05, 3.63) is 143 Å². The fourth-order valence-corrected chi connectivity index (χ4v) is 5.00. The largest absolute Gasteiger partial charge is 0.480 e. The Bertz CT molecular complexity index is 1380. The second-order valence-corrected chi connectivity index (χ2v) is 9.58. The highest BCUT2D eigenvalue weighted by Gasteiger charge is 2.50. The molecule has 0 aliphatic rings. The van der Waals surface area contributed by atoms with Crippen LogP contribution in [-0.2, 0) is 26.5 Å². The van der Waals surface area contributed by atoms with Crippen LogP contribution in [0.2, 0.25) is 0 Å². The van der Waals surface area contributed by atoms with Crippen LogP contribution in [0.25, 0.3) is 0 Å². The zero-order chi connectivity index (χ0) is 28.5. The molecule has 0 unspecified atom stereocenters. The Kier molecular flexibility index (Phi) is 8.96. The minimum atomic E-state index is -1.45. The summed E-state index contributed by atoms with van der Waals surface area (Å²) in [6.45, 7) is 1.89. The lowest BCUT2D eigenvalue weighted by molar-refractivity contribution is -0.144. The van der Waals surface area contributed by atoms with E-state index in [4.69, 9.17) is 10.5 Å². The molecule has 4 rings (SSSR count). The lowest BCUT2D eigenvalue weighted by atomic mass is 9.74. The maximum atomic E-state index is 14.3. The van der Waals surface area contributed by atoms with Gasteiger partial charge >= 0.3 is 12.1 Å². The number of amides is 2. The predicted molar refractivity (Wildman–Crippen MR) is 152 cm³/mol. The normalized spacial score (nSPS) is 11.8. The molecular weight excluding hydrogens is 504 g/mol. The fraction of sp³-hybridized carbons (Fsp3) is 0.182. The third-order valence-electron chi connectivity index (χ3n) is 6.88. The number of ether oxygens (including phenoxy) is 1. The number of aliphatic carboxylic acids is 1. The van der Waals surface area contributed by atoms with E-state index in [9.17, 15) is 19.5 Å². The van der Waals surface area contributed by atoms with E-state index in [0.29, 0.717) is 16.7 Å². The Balaban J connectivity index is 2.01. The molecule has 2 amide bonds. The molecule has 0 aromatic heterocycles. The summed E-state index contributed by atoms with van der Waals surface area (Å²) in [4.78, 5) is 40.3. The molecule has 3 N–H and O–H groups in total. The van der Waals surface area contributed by atoms with Gasteiger partial charge in [0.2, 0.25) is 5.91 Å². The molecule has 4 aromatic carbocycles. The molecule has 40 heavy (non-hydrogen) atoms. The monoisotopic (exact) mass is 536 g/mol. The van der Waals surface area contributed by atoms with Crippen molar-refractivity contribution < 1.29 is 24.2 Å². The molecule has 0 spiro atoms. The van der Waals surface area contributed by atoms with Gasteiger partial charge in [0.05, 0.1) is 0 Å². The lowest BCUT2D eigenvalue weighted by Crippen LogP contribution is -2.58. The quantitative estimate of drug-likeness (QED) is 0.241. The first kappa shape index (κ1) is 28.1. The van der Waals surface area contributed by atoms with Crippen molar-refractivity contribution in [2.45, 2.75) is 38.0 Å². The van der Waals surface area contributed by atoms with Gasteiger partial charge in [0.1, 0.15) is 18.2 Å². The Morgan fingerprint density at radius 1 is 0.775 bits per heavy atom. The number of hydrogen-bond acceptors (Lipinski definition) is 4. The Morgan fingerprint density at radius 3 is 1.73 bits per heavy atom. The summed E-state index contributed by atoms with van der Waals surface area (Å²) in [6, 6.07) is 33.8. The highest BCUT2D eigenvalue weighted by Crippen LogP contribution is 2.44. The van der Waals surface area contributed by atoms with Gasteiger partial charge in [0.25, 0.3) is 0 Å². The summed E-state index contributed by atoms with van der Waals surface area (Å²) in [5.74, 6) is -1.94. The fourth-order valence-electron chi connectivity index (χ4n) is 5.00. The van der Waals surface area contributed by atoms with E-state index in [-0.39, 0.29) is 19.4 Å². The van der Waals surface area contributed by atoms with Crippen molar-refractivity contribution in [2.75, 3.05) is 0 Å². The molecule has 0 aliphatic carbocycles. The van der Waals surface area contributed by atoms with Crippen molar-refractivity contribution in [1.82, 2.24) is 4.90 Å². The molecule has 0 radical (unpaired) electrons. The first-order chi connectivity index (χ1) is 19.3. The molecular formula is C33H32N2O5. The zero-order valence-electron chi connectivity index (χ0n) is 22.3. The number of nitrogens with zero attached hydrogens (tertiary/aromatic N) is 1. The van der Waals surface area contributed by atoms with Crippen molar-refractivity contribution in [3.8, 4) is 0 Å². The number of carbonyl (C=O) groups is 3. The molecule has 0 fully saturated rings. The maximum Gasteiger partial charge on any atom is 0.412 e. The second-order valence-electron chi connectivity index (χ2n) is 9.58. The topological polar surface area (TPSA) is 110 Å². The summed E-state index contributed by atoms with van der Waals surface area (Å²) in [5.41, 5.74) is 7.75. The van der Waals surface area contributed by atoms with Crippen molar-refractivity contribution in [2.24, 2.45) is 5.73 Å². The molecule has 204 valence electrons. The summed E-state index contributed by atoms with van der Waals surface area (Å²) >= 11 is 0. The minimum Gasteiger partial charge on any atom is -0.480 e. The van der Waals surface area contributed by atoms with Crippen molar-refractivity contribution >= 4 is 18.0 Å². The van der Waals surface area contributed by atoms with Crippen LogP contribution < -0.4 is 5.73 Å². The summed E-state index contributed by atoms with van der Waals surface area (Å²) < 4.78 is 5.83. The average molecular weight is 537 g/mol. The van der Waals surface area contributed by atoms with Crippen LogP contribution in [-0.4, -0.2) is 34.0 Å².